The zero-order valence-electron chi connectivity index (χ0n) is 18.6. The van der Waals surface area contributed by atoms with Crippen molar-refractivity contribution in [2.45, 2.75) is 53.0 Å². The van der Waals surface area contributed by atoms with Gasteiger partial charge in [-0.3, -0.25) is 9.89 Å². The second-order valence-corrected chi connectivity index (χ2v) is 8.43. The molecule has 2 fully saturated rings. The van der Waals surface area contributed by atoms with Gasteiger partial charge in [0.2, 0.25) is 0 Å². The van der Waals surface area contributed by atoms with Gasteiger partial charge in [0.15, 0.2) is 5.96 Å². The van der Waals surface area contributed by atoms with Crippen molar-refractivity contribution in [2.75, 3.05) is 65.6 Å². The zero-order valence-corrected chi connectivity index (χ0v) is 20.9. The molecule has 2 saturated heterocycles. The summed E-state index contributed by atoms with van der Waals surface area (Å²) in [6, 6.07) is 0.509. The smallest absolute Gasteiger partial charge is 0.191 e. The molecule has 0 aromatic heterocycles. The number of ether oxygens (including phenoxy) is 1. The van der Waals surface area contributed by atoms with Crippen molar-refractivity contribution in [3.63, 3.8) is 0 Å². The molecular weight excluding hydrogens is 465 g/mol. The van der Waals surface area contributed by atoms with Gasteiger partial charge in [-0.15, -0.1) is 24.0 Å². The molecule has 2 aliphatic rings. The van der Waals surface area contributed by atoms with Gasteiger partial charge in [0.05, 0.1) is 19.8 Å². The van der Waals surface area contributed by atoms with Crippen LogP contribution < -0.4 is 10.6 Å². The number of hydrogen-bond donors (Lipinski definition) is 2. The lowest BCUT2D eigenvalue weighted by Gasteiger charge is -2.35. The number of morpholine rings is 1. The van der Waals surface area contributed by atoms with E-state index in [1.165, 1.54) is 38.9 Å². The molecule has 0 bridgehead atoms. The van der Waals surface area contributed by atoms with E-state index in [0.717, 1.165) is 57.8 Å². The molecule has 6 nitrogen and oxygen atoms in total. The maximum atomic E-state index is 5.54. The summed E-state index contributed by atoms with van der Waals surface area (Å²) in [4.78, 5) is 10.1. The maximum absolute atomic E-state index is 5.54. The molecular formula is C21H44IN5O. The fourth-order valence-corrected chi connectivity index (χ4v) is 4.21. The van der Waals surface area contributed by atoms with Crippen LogP contribution in [0.25, 0.3) is 0 Å². The number of rotatable bonds is 9. The monoisotopic (exact) mass is 509 g/mol. The van der Waals surface area contributed by atoms with Crippen molar-refractivity contribution >= 4 is 29.9 Å². The lowest BCUT2D eigenvalue weighted by atomic mass is 9.98. The Labute approximate surface area is 190 Å². The van der Waals surface area contributed by atoms with Gasteiger partial charge in [-0.2, -0.15) is 0 Å². The minimum atomic E-state index is 0. The summed E-state index contributed by atoms with van der Waals surface area (Å²) < 4.78 is 5.54. The summed E-state index contributed by atoms with van der Waals surface area (Å²) >= 11 is 0. The van der Waals surface area contributed by atoms with Crippen molar-refractivity contribution in [1.82, 2.24) is 20.4 Å². The van der Waals surface area contributed by atoms with Gasteiger partial charge in [0.1, 0.15) is 0 Å². The Kier molecular flexibility index (Phi) is 13.7. The van der Waals surface area contributed by atoms with E-state index in [1.807, 2.05) is 0 Å². The van der Waals surface area contributed by atoms with Gasteiger partial charge in [-0.05, 0) is 51.1 Å². The first-order valence-corrected chi connectivity index (χ1v) is 11.2. The summed E-state index contributed by atoms with van der Waals surface area (Å²) in [5.74, 6) is 2.40. The number of hydrogen-bond acceptors (Lipinski definition) is 4. The van der Waals surface area contributed by atoms with Crippen molar-refractivity contribution in [2.24, 2.45) is 16.8 Å². The van der Waals surface area contributed by atoms with Crippen LogP contribution in [0.15, 0.2) is 4.99 Å². The van der Waals surface area contributed by atoms with Gasteiger partial charge < -0.3 is 20.3 Å². The lowest BCUT2D eigenvalue weighted by molar-refractivity contribution is 0.0143. The summed E-state index contributed by atoms with van der Waals surface area (Å²) in [6.45, 7) is 19.2. The Balaban J connectivity index is 0.00000392. The van der Waals surface area contributed by atoms with Crippen LogP contribution in [0, 0.1) is 11.8 Å². The van der Waals surface area contributed by atoms with Crippen molar-refractivity contribution in [3.05, 3.63) is 0 Å². The van der Waals surface area contributed by atoms with E-state index < -0.39 is 0 Å². The third-order valence-corrected chi connectivity index (χ3v) is 5.72. The molecule has 28 heavy (non-hydrogen) atoms. The van der Waals surface area contributed by atoms with Crippen LogP contribution in [0.2, 0.25) is 0 Å². The van der Waals surface area contributed by atoms with E-state index >= 15 is 0 Å². The van der Waals surface area contributed by atoms with Crippen molar-refractivity contribution in [3.8, 4) is 0 Å². The van der Waals surface area contributed by atoms with Crippen LogP contribution >= 0.6 is 24.0 Å². The molecule has 0 saturated carbocycles. The molecule has 2 atom stereocenters. The first-order valence-electron chi connectivity index (χ1n) is 11.2. The second-order valence-electron chi connectivity index (χ2n) is 8.43. The minimum Gasteiger partial charge on any atom is -0.379 e. The quantitative estimate of drug-likeness (QED) is 0.285. The molecule has 2 heterocycles. The summed E-state index contributed by atoms with van der Waals surface area (Å²) in [6.07, 6.45) is 3.84. The molecule has 0 amide bonds. The van der Waals surface area contributed by atoms with E-state index in [4.69, 9.17) is 9.73 Å². The van der Waals surface area contributed by atoms with Crippen LogP contribution in [0.1, 0.15) is 47.0 Å². The fourth-order valence-electron chi connectivity index (χ4n) is 4.21. The number of aliphatic imine (C=N–C) groups is 1. The first kappa shape index (κ1) is 25.9. The second kappa shape index (κ2) is 14.8. The SMILES string of the molecule is CCNC(=NCC(CC(C)C)N1CCOCC1)NCC1CCCN(CC)C1.I. The Morgan fingerprint density at radius 1 is 1.14 bits per heavy atom. The topological polar surface area (TPSA) is 52.1 Å². The Morgan fingerprint density at radius 2 is 1.89 bits per heavy atom. The average molecular weight is 510 g/mol. The number of guanidine groups is 1. The Bertz CT molecular complexity index is 429. The van der Waals surface area contributed by atoms with E-state index in [-0.39, 0.29) is 24.0 Å². The maximum Gasteiger partial charge on any atom is 0.191 e. The number of likely N-dealkylation sites (tertiary alicyclic amines) is 1. The molecule has 2 aliphatic heterocycles. The molecule has 0 spiro atoms. The normalized spacial score (nSPS) is 23.3. The predicted molar refractivity (Wildman–Crippen MR) is 130 cm³/mol. The summed E-state index contributed by atoms with van der Waals surface area (Å²) in [5.41, 5.74) is 0. The lowest BCUT2D eigenvalue weighted by Crippen LogP contribution is -2.47. The van der Waals surface area contributed by atoms with Crippen LogP contribution in [0.3, 0.4) is 0 Å². The van der Waals surface area contributed by atoms with Crippen LogP contribution in [0.5, 0.6) is 0 Å². The molecule has 2 unspecified atom stereocenters. The molecule has 2 N–H and O–H groups in total. The highest BCUT2D eigenvalue weighted by Crippen LogP contribution is 2.16. The number of nitrogens with one attached hydrogen (secondary N) is 2. The van der Waals surface area contributed by atoms with Gasteiger partial charge in [0, 0.05) is 38.8 Å². The summed E-state index contributed by atoms with van der Waals surface area (Å²) in [5, 5.41) is 7.06. The fraction of sp³-hybridized carbons (Fsp3) is 0.952. The van der Waals surface area contributed by atoms with Crippen molar-refractivity contribution < 1.29 is 4.74 Å². The van der Waals surface area contributed by atoms with E-state index in [2.05, 4.69) is 48.1 Å². The highest BCUT2D eigenvalue weighted by Gasteiger charge is 2.22. The minimum absolute atomic E-state index is 0. The standard InChI is InChI=1S/C21H43N5O.HI/c1-5-22-21(23-15-19-8-7-9-25(6-2)17-19)24-16-20(14-18(3)4)26-10-12-27-13-11-26;/h18-20H,5-17H2,1-4H3,(H2,22,23,24);1H. The van der Waals surface area contributed by atoms with Gasteiger partial charge in [-0.1, -0.05) is 20.8 Å². The first-order chi connectivity index (χ1) is 13.1. The molecule has 0 radical (unpaired) electrons. The van der Waals surface area contributed by atoms with Crippen LogP contribution in [0.4, 0.5) is 0 Å². The molecule has 166 valence electrons. The average Bonchev–Trinajstić information content (AvgIpc) is 2.69. The molecule has 0 aromatic rings. The molecule has 0 aliphatic carbocycles. The van der Waals surface area contributed by atoms with Crippen LogP contribution in [-0.4, -0.2) is 87.4 Å². The largest absolute Gasteiger partial charge is 0.379 e. The number of halogens is 1. The highest BCUT2D eigenvalue weighted by molar-refractivity contribution is 14.0. The highest BCUT2D eigenvalue weighted by atomic mass is 127. The van der Waals surface area contributed by atoms with E-state index in [1.54, 1.807) is 0 Å². The summed E-state index contributed by atoms with van der Waals surface area (Å²) in [7, 11) is 0. The van der Waals surface area contributed by atoms with Gasteiger partial charge >= 0.3 is 0 Å². The zero-order chi connectivity index (χ0) is 19.5. The van der Waals surface area contributed by atoms with E-state index in [0.29, 0.717) is 12.0 Å². The molecule has 7 heteroatoms. The number of piperidine rings is 1. The predicted octanol–water partition coefficient (Wildman–Crippen LogP) is 2.64. The van der Waals surface area contributed by atoms with Gasteiger partial charge in [-0.25, -0.2) is 0 Å². The Morgan fingerprint density at radius 3 is 2.54 bits per heavy atom. The van der Waals surface area contributed by atoms with Gasteiger partial charge in [0.25, 0.3) is 0 Å². The molecule has 2 rings (SSSR count). The van der Waals surface area contributed by atoms with Crippen molar-refractivity contribution in [1.29, 1.82) is 0 Å². The Hall–Kier alpha value is -0.120. The van der Waals surface area contributed by atoms with Crippen LogP contribution in [-0.2, 0) is 4.74 Å². The third kappa shape index (κ3) is 9.59. The third-order valence-electron chi connectivity index (χ3n) is 5.72. The molecule has 0 aromatic carbocycles. The van der Waals surface area contributed by atoms with E-state index in [9.17, 15) is 0 Å². The number of nitrogens with zero attached hydrogens (tertiary/aromatic N) is 3.